The molecule has 4 nitrogen and oxygen atoms in total. The molecule has 0 atom stereocenters. The van der Waals surface area contributed by atoms with Gasteiger partial charge in [-0.25, -0.2) is 4.98 Å². The predicted molar refractivity (Wildman–Crippen MR) is 107 cm³/mol. The Bertz CT molecular complexity index is 1230. The summed E-state index contributed by atoms with van der Waals surface area (Å²) in [5.41, 5.74) is 4.79. The van der Waals surface area contributed by atoms with Crippen LogP contribution in [0.3, 0.4) is 0 Å². The van der Waals surface area contributed by atoms with E-state index in [1.54, 1.807) is 6.20 Å². The maximum absolute atomic E-state index is 8.88. The maximum Gasteiger partial charge on any atom is 0.147 e. The summed E-state index contributed by atoms with van der Waals surface area (Å²) >= 11 is 5.88. The van der Waals surface area contributed by atoms with Gasteiger partial charge in [0.15, 0.2) is 0 Å². The fraction of sp³-hybridized carbons (Fsp3) is 0.0909. The van der Waals surface area contributed by atoms with Crippen LogP contribution in [0.4, 0.5) is 0 Å². The number of aromatic nitrogens is 2. The number of fused-ring (bicyclic) bond motifs is 2. The van der Waals surface area contributed by atoms with Crippen LogP contribution in [-0.4, -0.2) is 9.97 Å². The molecular formula is C22H15ClN4. The minimum atomic E-state index is 0.281. The highest BCUT2D eigenvalue weighted by atomic mass is 35.5. The van der Waals surface area contributed by atoms with Crippen molar-refractivity contribution in [2.24, 2.45) is 0 Å². The zero-order valence-corrected chi connectivity index (χ0v) is 15.6. The van der Waals surface area contributed by atoms with Crippen LogP contribution in [-0.2, 0) is 0 Å². The fourth-order valence-electron chi connectivity index (χ4n) is 2.86. The van der Waals surface area contributed by atoms with Crippen molar-refractivity contribution < 1.29 is 0 Å². The number of hydrogen-bond donors (Lipinski definition) is 0. The third-order valence-corrected chi connectivity index (χ3v) is 4.66. The smallest absolute Gasteiger partial charge is 0.147 e. The zero-order valence-electron chi connectivity index (χ0n) is 14.9. The normalized spacial score (nSPS) is 9.96. The van der Waals surface area contributed by atoms with E-state index in [0.29, 0.717) is 11.1 Å². The van der Waals surface area contributed by atoms with Gasteiger partial charge in [0.05, 0.1) is 22.2 Å². The summed E-state index contributed by atoms with van der Waals surface area (Å²) in [6.07, 6.45) is 1.62. The molecule has 4 rings (SSSR count). The Morgan fingerprint density at radius 3 is 2.04 bits per heavy atom. The van der Waals surface area contributed by atoms with Crippen molar-refractivity contribution in [2.45, 2.75) is 13.8 Å². The van der Waals surface area contributed by atoms with Gasteiger partial charge in [0, 0.05) is 17.0 Å². The third kappa shape index (κ3) is 3.58. The molecule has 0 N–H and O–H groups in total. The summed E-state index contributed by atoms with van der Waals surface area (Å²) in [6, 6.07) is 19.7. The Balaban J connectivity index is 0.000000156. The molecule has 0 radical (unpaired) electrons. The van der Waals surface area contributed by atoms with Gasteiger partial charge in [-0.1, -0.05) is 48.0 Å². The van der Waals surface area contributed by atoms with Gasteiger partial charge in [-0.05, 0) is 37.1 Å². The van der Waals surface area contributed by atoms with Crippen LogP contribution in [0, 0.1) is 36.5 Å². The number of pyridine rings is 2. The molecule has 2 heterocycles. The average molecular weight is 371 g/mol. The molecule has 130 valence electrons. The number of nitrogens with zero attached hydrogens (tertiary/aromatic N) is 4. The van der Waals surface area contributed by atoms with Crippen molar-refractivity contribution in [3.63, 3.8) is 0 Å². The molecule has 0 spiro atoms. The summed E-state index contributed by atoms with van der Waals surface area (Å²) in [6.45, 7) is 3.83. The number of rotatable bonds is 0. The van der Waals surface area contributed by atoms with Gasteiger partial charge in [-0.3, -0.25) is 4.98 Å². The first-order valence-corrected chi connectivity index (χ1v) is 8.64. The van der Waals surface area contributed by atoms with Crippen molar-refractivity contribution in [2.75, 3.05) is 0 Å². The molecule has 0 aliphatic carbocycles. The minimum absolute atomic E-state index is 0.281. The summed E-state index contributed by atoms with van der Waals surface area (Å²) in [5, 5.41) is 20.0. The lowest BCUT2D eigenvalue weighted by atomic mass is 10.1. The highest BCUT2D eigenvalue weighted by Crippen LogP contribution is 2.24. The van der Waals surface area contributed by atoms with E-state index in [4.69, 9.17) is 22.1 Å². The summed E-state index contributed by atoms with van der Waals surface area (Å²) in [5.74, 6) is 0. The maximum atomic E-state index is 8.88. The van der Waals surface area contributed by atoms with Gasteiger partial charge in [0.2, 0.25) is 0 Å². The molecule has 0 saturated carbocycles. The van der Waals surface area contributed by atoms with Gasteiger partial charge in [0.25, 0.3) is 0 Å². The van der Waals surface area contributed by atoms with Crippen LogP contribution in [0.2, 0.25) is 5.15 Å². The average Bonchev–Trinajstić information content (AvgIpc) is 2.69. The minimum Gasteiger partial charge on any atom is -0.255 e. The van der Waals surface area contributed by atoms with Gasteiger partial charge in [-0.2, -0.15) is 10.5 Å². The molecule has 4 aromatic rings. The number of benzene rings is 2. The van der Waals surface area contributed by atoms with E-state index in [9.17, 15) is 0 Å². The summed E-state index contributed by atoms with van der Waals surface area (Å²) in [7, 11) is 0. The lowest BCUT2D eigenvalue weighted by Crippen LogP contribution is -1.90. The second-order valence-electron chi connectivity index (χ2n) is 5.96. The first-order valence-electron chi connectivity index (χ1n) is 8.26. The van der Waals surface area contributed by atoms with Crippen molar-refractivity contribution in [3.05, 3.63) is 82.1 Å². The Kier molecular flexibility index (Phi) is 5.31. The van der Waals surface area contributed by atoms with Gasteiger partial charge >= 0.3 is 0 Å². The zero-order chi connectivity index (χ0) is 19.4. The van der Waals surface area contributed by atoms with Crippen LogP contribution in [0.25, 0.3) is 21.8 Å². The second-order valence-corrected chi connectivity index (χ2v) is 6.32. The molecule has 0 aliphatic rings. The molecule has 2 aromatic carbocycles. The summed E-state index contributed by atoms with van der Waals surface area (Å²) < 4.78 is 0. The number of halogens is 1. The SMILES string of the molecule is Cc1c(C#N)c(Cl)nc2ccccc12.Cc1c(C#N)cnc2ccccc12. The van der Waals surface area contributed by atoms with Crippen molar-refractivity contribution in [1.82, 2.24) is 9.97 Å². The van der Waals surface area contributed by atoms with E-state index in [1.165, 1.54) is 0 Å². The largest absolute Gasteiger partial charge is 0.255 e. The molecule has 0 saturated heterocycles. The molecule has 2 aromatic heterocycles. The van der Waals surface area contributed by atoms with Gasteiger partial charge in [0.1, 0.15) is 17.3 Å². The lowest BCUT2D eigenvalue weighted by Gasteiger charge is -2.04. The Labute approximate surface area is 162 Å². The topological polar surface area (TPSA) is 73.4 Å². The lowest BCUT2D eigenvalue weighted by molar-refractivity contribution is 1.32. The number of aryl methyl sites for hydroxylation is 2. The summed E-state index contributed by atoms with van der Waals surface area (Å²) in [4.78, 5) is 8.34. The quantitative estimate of drug-likeness (QED) is 0.384. The Morgan fingerprint density at radius 2 is 1.41 bits per heavy atom. The van der Waals surface area contributed by atoms with Crippen LogP contribution < -0.4 is 0 Å². The number of hydrogen-bond acceptors (Lipinski definition) is 4. The molecule has 5 heteroatoms. The molecule has 0 fully saturated rings. The highest BCUT2D eigenvalue weighted by Gasteiger charge is 2.08. The highest BCUT2D eigenvalue weighted by molar-refractivity contribution is 6.31. The second kappa shape index (κ2) is 7.83. The van der Waals surface area contributed by atoms with E-state index in [0.717, 1.165) is 32.9 Å². The number of nitriles is 2. The Hall–Kier alpha value is -3.47. The monoisotopic (exact) mass is 370 g/mol. The molecule has 27 heavy (non-hydrogen) atoms. The van der Waals surface area contributed by atoms with Crippen LogP contribution in [0.5, 0.6) is 0 Å². The van der Waals surface area contributed by atoms with Crippen molar-refractivity contribution in [1.29, 1.82) is 10.5 Å². The fourth-order valence-corrected chi connectivity index (χ4v) is 3.14. The van der Waals surface area contributed by atoms with Crippen LogP contribution >= 0.6 is 11.6 Å². The first kappa shape index (κ1) is 18.3. The van der Waals surface area contributed by atoms with E-state index in [-0.39, 0.29) is 5.15 Å². The standard InChI is InChI=1S/C11H7ClN2.C11H8N2/c1-7-8-4-2-3-5-10(8)14-11(12)9(7)6-13;1-8-9(6-12)7-13-11-5-3-2-4-10(8)11/h2-5H,1H3;2-5,7H,1H3. The van der Waals surface area contributed by atoms with E-state index < -0.39 is 0 Å². The third-order valence-electron chi connectivity index (χ3n) is 4.39. The molecule has 0 unspecified atom stereocenters. The molecule has 0 aliphatic heterocycles. The predicted octanol–water partition coefficient (Wildman–Crippen LogP) is 5.48. The van der Waals surface area contributed by atoms with Crippen LogP contribution in [0.1, 0.15) is 22.3 Å². The molecule has 0 amide bonds. The first-order chi connectivity index (χ1) is 13.1. The number of para-hydroxylation sites is 2. The Morgan fingerprint density at radius 1 is 0.815 bits per heavy atom. The van der Waals surface area contributed by atoms with Crippen LogP contribution in [0.15, 0.2) is 54.7 Å². The van der Waals surface area contributed by atoms with E-state index >= 15 is 0 Å². The van der Waals surface area contributed by atoms with Crippen molar-refractivity contribution >= 4 is 33.4 Å². The molecular weight excluding hydrogens is 356 g/mol. The molecule has 0 bridgehead atoms. The van der Waals surface area contributed by atoms with E-state index in [1.807, 2.05) is 62.4 Å². The van der Waals surface area contributed by atoms with E-state index in [2.05, 4.69) is 22.1 Å². The van der Waals surface area contributed by atoms with Gasteiger partial charge < -0.3 is 0 Å². The van der Waals surface area contributed by atoms with Gasteiger partial charge in [-0.15, -0.1) is 0 Å². The van der Waals surface area contributed by atoms with Crippen molar-refractivity contribution in [3.8, 4) is 12.1 Å².